The third kappa shape index (κ3) is 5.55. The topological polar surface area (TPSA) is 52.6 Å². The summed E-state index contributed by atoms with van der Waals surface area (Å²) in [5, 5.41) is 0. The quantitative estimate of drug-likeness (QED) is 0.390. The summed E-state index contributed by atoms with van der Waals surface area (Å²) in [5.41, 5.74) is 3.13. The lowest BCUT2D eigenvalue weighted by Crippen LogP contribution is -2.24. The fourth-order valence-electron chi connectivity index (χ4n) is 2.85. The second-order valence-corrected chi connectivity index (χ2v) is 6.76. The molecule has 0 aliphatic heterocycles. The van der Waals surface area contributed by atoms with E-state index >= 15 is 0 Å². The standard InChI is InChI=1S/C25H24O4/c1-3-19-9-11-21(12-10-19)24(26)18(2)29-25(27)22-13-15-23(16-14-22)28-17-20-7-5-4-6-8-20/h4-16,18H,3,17H2,1-2H3/t18-/m1/s1. The number of aryl methyl sites for hydroxylation is 1. The van der Waals surface area contributed by atoms with Gasteiger partial charge in [-0.25, -0.2) is 4.79 Å². The lowest BCUT2D eigenvalue weighted by Gasteiger charge is -2.13. The van der Waals surface area contributed by atoms with Crippen molar-refractivity contribution in [3.8, 4) is 5.75 Å². The number of ether oxygens (including phenoxy) is 2. The van der Waals surface area contributed by atoms with E-state index in [9.17, 15) is 9.59 Å². The van der Waals surface area contributed by atoms with Crippen molar-refractivity contribution in [1.29, 1.82) is 0 Å². The third-order valence-corrected chi connectivity index (χ3v) is 4.64. The predicted octanol–water partition coefficient (Wildman–Crippen LogP) is 5.26. The molecule has 0 heterocycles. The summed E-state index contributed by atoms with van der Waals surface area (Å²) in [5.74, 6) is -0.0972. The van der Waals surface area contributed by atoms with Crippen molar-refractivity contribution >= 4 is 11.8 Å². The summed E-state index contributed by atoms with van der Waals surface area (Å²) in [7, 11) is 0. The van der Waals surface area contributed by atoms with Crippen LogP contribution in [0.15, 0.2) is 78.9 Å². The van der Waals surface area contributed by atoms with Gasteiger partial charge in [-0.1, -0.05) is 61.5 Å². The second kappa shape index (κ2) is 9.69. The summed E-state index contributed by atoms with van der Waals surface area (Å²) in [6.45, 7) is 4.09. The normalized spacial score (nSPS) is 11.5. The van der Waals surface area contributed by atoms with Crippen LogP contribution >= 0.6 is 0 Å². The maximum Gasteiger partial charge on any atom is 0.338 e. The molecule has 3 aromatic rings. The average Bonchev–Trinajstić information content (AvgIpc) is 2.78. The van der Waals surface area contributed by atoms with E-state index < -0.39 is 12.1 Å². The minimum atomic E-state index is -0.857. The van der Waals surface area contributed by atoms with E-state index in [0.717, 1.165) is 17.5 Å². The second-order valence-electron chi connectivity index (χ2n) is 6.76. The van der Waals surface area contributed by atoms with Gasteiger partial charge in [-0.05, 0) is 48.7 Å². The molecule has 1 atom stereocenters. The molecule has 3 rings (SSSR count). The summed E-state index contributed by atoms with van der Waals surface area (Å²) >= 11 is 0. The van der Waals surface area contributed by atoms with Gasteiger partial charge in [-0.15, -0.1) is 0 Å². The molecule has 0 aromatic heterocycles. The van der Waals surface area contributed by atoms with Gasteiger partial charge in [0.2, 0.25) is 5.78 Å². The van der Waals surface area contributed by atoms with Crippen LogP contribution in [0.25, 0.3) is 0 Å². The van der Waals surface area contributed by atoms with Gasteiger partial charge in [-0.2, -0.15) is 0 Å². The number of Topliss-reactive ketones (excluding diaryl/α,β-unsaturated/α-hetero) is 1. The SMILES string of the molecule is CCc1ccc(C(=O)[C@@H](C)OC(=O)c2ccc(OCc3ccccc3)cc2)cc1. The van der Waals surface area contributed by atoms with Crippen LogP contribution in [0.2, 0.25) is 0 Å². The number of benzene rings is 3. The minimum absolute atomic E-state index is 0.219. The molecule has 0 aliphatic rings. The number of hydrogen-bond acceptors (Lipinski definition) is 4. The molecule has 0 radical (unpaired) electrons. The van der Waals surface area contributed by atoms with Crippen LogP contribution in [0.1, 0.15) is 45.7 Å². The predicted molar refractivity (Wildman–Crippen MR) is 112 cm³/mol. The van der Waals surface area contributed by atoms with Gasteiger partial charge in [0, 0.05) is 5.56 Å². The highest BCUT2D eigenvalue weighted by atomic mass is 16.5. The Morgan fingerprint density at radius 1 is 0.793 bits per heavy atom. The van der Waals surface area contributed by atoms with Crippen molar-refractivity contribution in [2.45, 2.75) is 33.0 Å². The van der Waals surface area contributed by atoms with Crippen LogP contribution in [0, 0.1) is 0 Å². The first kappa shape index (κ1) is 20.3. The lowest BCUT2D eigenvalue weighted by atomic mass is 10.0. The average molecular weight is 388 g/mol. The molecule has 0 amide bonds. The van der Waals surface area contributed by atoms with Crippen LogP contribution in [-0.4, -0.2) is 17.9 Å². The zero-order valence-corrected chi connectivity index (χ0v) is 16.6. The fraction of sp³-hybridized carbons (Fsp3) is 0.200. The molecular weight excluding hydrogens is 364 g/mol. The van der Waals surface area contributed by atoms with E-state index in [1.807, 2.05) is 42.5 Å². The molecular formula is C25H24O4. The molecule has 0 saturated carbocycles. The highest BCUT2D eigenvalue weighted by Crippen LogP contribution is 2.16. The summed E-state index contributed by atoms with van der Waals surface area (Å²) in [4.78, 5) is 24.9. The van der Waals surface area contributed by atoms with Crippen molar-refractivity contribution in [2.24, 2.45) is 0 Å². The molecule has 0 aliphatic carbocycles. The van der Waals surface area contributed by atoms with Gasteiger partial charge in [0.1, 0.15) is 12.4 Å². The van der Waals surface area contributed by atoms with E-state index in [0.29, 0.717) is 23.5 Å². The number of rotatable bonds is 8. The zero-order chi connectivity index (χ0) is 20.6. The molecule has 29 heavy (non-hydrogen) atoms. The van der Waals surface area contributed by atoms with Gasteiger partial charge in [0.15, 0.2) is 6.10 Å². The molecule has 0 fully saturated rings. The number of carbonyl (C=O) groups excluding carboxylic acids is 2. The van der Waals surface area contributed by atoms with Crippen LogP contribution < -0.4 is 4.74 Å². The van der Waals surface area contributed by atoms with E-state index in [4.69, 9.17) is 9.47 Å². The minimum Gasteiger partial charge on any atom is -0.489 e. The Morgan fingerprint density at radius 3 is 2.03 bits per heavy atom. The molecule has 148 valence electrons. The van der Waals surface area contributed by atoms with Gasteiger partial charge >= 0.3 is 5.97 Å². The van der Waals surface area contributed by atoms with E-state index in [1.54, 1.807) is 43.3 Å². The first-order valence-corrected chi connectivity index (χ1v) is 9.67. The Labute approximate surface area is 171 Å². The lowest BCUT2D eigenvalue weighted by molar-refractivity contribution is 0.0319. The van der Waals surface area contributed by atoms with Gasteiger partial charge < -0.3 is 9.47 Å². The van der Waals surface area contributed by atoms with Crippen molar-refractivity contribution in [3.05, 3.63) is 101 Å². The molecule has 3 aromatic carbocycles. The summed E-state index contributed by atoms with van der Waals surface area (Å²) in [6.07, 6.45) is 0.0494. The maximum absolute atomic E-state index is 12.5. The van der Waals surface area contributed by atoms with Gasteiger partial charge in [0.25, 0.3) is 0 Å². The van der Waals surface area contributed by atoms with Crippen LogP contribution in [0.5, 0.6) is 5.75 Å². The zero-order valence-electron chi connectivity index (χ0n) is 16.6. The molecule has 4 nitrogen and oxygen atoms in total. The van der Waals surface area contributed by atoms with Crippen LogP contribution in [-0.2, 0) is 17.8 Å². The Kier molecular flexibility index (Phi) is 6.80. The fourth-order valence-corrected chi connectivity index (χ4v) is 2.85. The summed E-state index contributed by atoms with van der Waals surface area (Å²) in [6, 6.07) is 23.9. The molecule has 0 unspecified atom stereocenters. The maximum atomic E-state index is 12.5. The molecule has 0 bridgehead atoms. The monoisotopic (exact) mass is 388 g/mol. The van der Waals surface area contributed by atoms with E-state index in [-0.39, 0.29) is 5.78 Å². The van der Waals surface area contributed by atoms with Crippen LogP contribution in [0.3, 0.4) is 0 Å². The number of ketones is 1. The van der Waals surface area contributed by atoms with Gasteiger partial charge in [-0.3, -0.25) is 4.79 Å². The van der Waals surface area contributed by atoms with Crippen molar-refractivity contribution in [1.82, 2.24) is 0 Å². The largest absolute Gasteiger partial charge is 0.489 e. The number of esters is 1. The Bertz CT molecular complexity index is 944. The molecule has 0 saturated heterocycles. The number of carbonyl (C=O) groups is 2. The Morgan fingerprint density at radius 2 is 1.41 bits per heavy atom. The van der Waals surface area contributed by atoms with Crippen molar-refractivity contribution in [3.63, 3.8) is 0 Å². The van der Waals surface area contributed by atoms with Crippen molar-refractivity contribution < 1.29 is 19.1 Å². The Balaban J connectivity index is 1.56. The molecule has 0 N–H and O–H groups in total. The summed E-state index contributed by atoms with van der Waals surface area (Å²) < 4.78 is 11.1. The molecule has 4 heteroatoms. The smallest absolute Gasteiger partial charge is 0.338 e. The van der Waals surface area contributed by atoms with E-state index in [1.165, 1.54) is 0 Å². The van der Waals surface area contributed by atoms with Gasteiger partial charge in [0.05, 0.1) is 5.56 Å². The Hall–Kier alpha value is -3.40. The highest BCUT2D eigenvalue weighted by molar-refractivity contribution is 6.01. The first-order valence-electron chi connectivity index (χ1n) is 9.67. The third-order valence-electron chi connectivity index (χ3n) is 4.64. The van der Waals surface area contributed by atoms with E-state index in [2.05, 4.69) is 6.92 Å². The molecule has 0 spiro atoms. The number of hydrogen-bond donors (Lipinski definition) is 0. The van der Waals surface area contributed by atoms with Crippen molar-refractivity contribution in [2.75, 3.05) is 0 Å². The van der Waals surface area contributed by atoms with Crippen LogP contribution in [0.4, 0.5) is 0 Å². The first-order chi connectivity index (χ1) is 14.1. The highest BCUT2D eigenvalue weighted by Gasteiger charge is 2.20.